The quantitative estimate of drug-likeness (QED) is 0.789. The molecule has 1 aromatic carbocycles. The molecule has 0 aliphatic heterocycles. The first-order valence-electron chi connectivity index (χ1n) is 5.75. The van der Waals surface area contributed by atoms with Crippen molar-refractivity contribution in [2.75, 3.05) is 6.54 Å². The van der Waals surface area contributed by atoms with Crippen molar-refractivity contribution in [3.8, 4) is 0 Å². The average molecular weight is 238 g/mol. The summed E-state index contributed by atoms with van der Waals surface area (Å²) in [4.78, 5) is 10.7. The van der Waals surface area contributed by atoms with Crippen LogP contribution < -0.4 is 11.1 Å². The van der Waals surface area contributed by atoms with Gasteiger partial charge in [-0.3, -0.25) is 4.79 Å². The van der Waals surface area contributed by atoms with E-state index in [2.05, 4.69) is 5.32 Å². The van der Waals surface area contributed by atoms with Crippen molar-refractivity contribution in [3.63, 3.8) is 0 Å². The third-order valence-electron chi connectivity index (χ3n) is 2.70. The highest BCUT2D eigenvalue weighted by atomic mass is 19.1. The molecule has 1 aromatic rings. The molecule has 3 N–H and O–H groups in total. The minimum absolute atomic E-state index is 0.0771. The fourth-order valence-electron chi connectivity index (χ4n) is 1.77. The van der Waals surface area contributed by atoms with Crippen molar-refractivity contribution >= 4 is 5.91 Å². The Morgan fingerprint density at radius 1 is 1.53 bits per heavy atom. The molecule has 0 saturated carbocycles. The van der Waals surface area contributed by atoms with Gasteiger partial charge in [-0.1, -0.05) is 6.07 Å². The van der Waals surface area contributed by atoms with Crippen LogP contribution in [0.3, 0.4) is 0 Å². The van der Waals surface area contributed by atoms with Crippen LogP contribution in [0.2, 0.25) is 0 Å². The van der Waals surface area contributed by atoms with E-state index in [9.17, 15) is 9.18 Å². The first kappa shape index (κ1) is 13.6. The highest BCUT2D eigenvalue weighted by Gasteiger charge is 2.05. The lowest BCUT2D eigenvalue weighted by atomic mass is 10.1. The van der Waals surface area contributed by atoms with Gasteiger partial charge in [0.15, 0.2) is 0 Å². The van der Waals surface area contributed by atoms with Gasteiger partial charge in [0.05, 0.1) is 0 Å². The number of hydrogen-bond acceptors (Lipinski definition) is 2. The number of carbonyl (C=O) groups is 1. The predicted octanol–water partition coefficient (Wildman–Crippen LogP) is 1.53. The van der Waals surface area contributed by atoms with Crippen LogP contribution in [0.1, 0.15) is 24.5 Å². The molecule has 94 valence electrons. The third-order valence-corrected chi connectivity index (χ3v) is 2.70. The van der Waals surface area contributed by atoms with Gasteiger partial charge < -0.3 is 11.1 Å². The molecule has 0 spiro atoms. The molecule has 1 atom stereocenters. The van der Waals surface area contributed by atoms with Crippen molar-refractivity contribution in [1.29, 1.82) is 0 Å². The van der Waals surface area contributed by atoms with Crippen molar-refractivity contribution in [2.24, 2.45) is 5.73 Å². The van der Waals surface area contributed by atoms with Crippen LogP contribution in [0.15, 0.2) is 18.2 Å². The summed E-state index contributed by atoms with van der Waals surface area (Å²) in [6.45, 7) is 4.56. The lowest BCUT2D eigenvalue weighted by molar-refractivity contribution is -0.118. The Balaban J connectivity index is 2.38. The van der Waals surface area contributed by atoms with Gasteiger partial charge in [0.1, 0.15) is 5.82 Å². The van der Waals surface area contributed by atoms with E-state index in [1.807, 2.05) is 13.8 Å². The molecule has 1 amide bonds. The summed E-state index contributed by atoms with van der Waals surface area (Å²) in [5.74, 6) is -0.510. The SMILES string of the molecule is Cc1cc(F)ccc1CCNC(C)CC(N)=O. The summed E-state index contributed by atoms with van der Waals surface area (Å²) in [6, 6.07) is 4.87. The fourth-order valence-corrected chi connectivity index (χ4v) is 1.77. The van der Waals surface area contributed by atoms with Crippen LogP contribution in [0.25, 0.3) is 0 Å². The highest BCUT2D eigenvalue weighted by molar-refractivity contribution is 5.74. The van der Waals surface area contributed by atoms with Gasteiger partial charge >= 0.3 is 0 Å². The fraction of sp³-hybridized carbons (Fsp3) is 0.462. The van der Waals surface area contributed by atoms with Crippen LogP contribution in [-0.2, 0) is 11.2 Å². The highest BCUT2D eigenvalue weighted by Crippen LogP contribution is 2.10. The molecular formula is C13H19FN2O. The normalized spacial score (nSPS) is 12.4. The number of nitrogens with two attached hydrogens (primary N) is 1. The van der Waals surface area contributed by atoms with Gasteiger partial charge in [-0.05, 0) is 50.1 Å². The zero-order chi connectivity index (χ0) is 12.8. The monoisotopic (exact) mass is 238 g/mol. The largest absolute Gasteiger partial charge is 0.370 e. The zero-order valence-corrected chi connectivity index (χ0v) is 10.3. The van der Waals surface area contributed by atoms with E-state index in [4.69, 9.17) is 5.73 Å². The molecule has 1 unspecified atom stereocenters. The maximum absolute atomic E-state index is 12.9. The van der Waals surface area contributed by atoms with E-state index in [-0.39, 0.29) is 17.8 Å². The number of primary amides is 1. The van der Waals surface area contributed by atoms with Gasteiger partial charge in [0.2, 0.25) is 5.91 Å². The number of rotatable bonds is 6. The van der Waals surface area contributed by atoms with E-state index < -0.39 is 0 Å². The van der Waals surface area contributed by atoms with Crippen LogP contribution in [0.4, 0.5) is 4.39 Å². The molecule has 4 heteroatoms. The second kappa shape index (κ2) is 6.35. The summed E-state index contributed by atoms with van der Waals surface area (Å²) < 4.78 is 12.9. The Morgan fingerprint density at radius 3 is 2.82 bits per heavy atom. The van der Waals surface area contributed by atoms with Crippen LogP contribution >= 0.6 is 0 Å². The smallest absolute Gasteiger partial charge is 0.218 e. The summed E-state index contributed by atoms with van der Waals surface area (Å²) in [5.41, 5.74) is 7.17. The number of aryl methyl sites for hydroxylation is 1. The standard InChI is InChI=1S/C13H19FN2O/c1-9-7-12(14)4-3-11(9)5-6-16-10(2)8-13(15)17/h3-4,7,10,16H,5-6,8H2,1-2H3,(H2,15,17). The van der Waals surface area contributed by atoms with E-state index >= 15 is 0 Å². The molecule has 0 aliphatic carbocycles. The van der Waals surface area contributed by atoms with Crippen LogP contribution in [0, 0.1) is 12.7 Å². The second-order valence-electron chi connectivity index (χ2n) is 4.35. The van der Waals surface area contributed by atoms with Gasteiger partial charge in [0.25, 0.3) is 0 Å². The number of amides is 1. The molecule has 0 radical (unpaired) electrons. The Kier molecular flexibility index (Phi) is 5.10. The molecule has 1 rings (SSSR count). The van der Waals surface area contributed by atoms with Crippen molar-refractivity contribution < 1.29 is 9.18 Å². The van der Waals surface area contributed by atoms with Crippen LogP contribution in [0.5, 0.6) is 0 Å². The summed E-state index contributed by atoms with van der Waals surface area (Å²) in [7, 11) is 0. The average Bonchev–Trinajstić information content (AvgIpc) is 2.20. The summed E-state index contributed by atoms with van der Waals surface area (Å²) in [5, 5.41) is 3.21. The Labute approximate surface area is 101 Å². The topological polar surface area (TPSA) is 55.1 Å². The maximum atomic E-state index is 12.9. The minimum atomic E-state index is -0.303. The first-order chi connectivity index (χ1) is 7.99. The molecule has 0 fully saturated rings. The molecular weight excluding hydrogens is 219 g/mol. The molecule has 0 bridgehead atoms. The summed E-state index contributed by atoms with van der Waals surface area (Å²) in [6.07, 6.45) is 1.15. The zero-order valence-electron chi connectivity index (χ0n) is 10.3. The number of halogens is 1. The molecule has 0 saturated heterocycles. The van der Waals surface area contributed by atoms with E-state index in [0.29, 0.717) is 6.42 Å². The number of benzene rings is 1. The van der Waals surface area contributed by atoms with Crippen molar-refractivity contribution in [2.45, 2.75) is 32.7 Å². The number of nitrogens with one attached hydrogen (secondary N) is 1. The third kappa shape index (κ3) is 4.95. The Morgan fingerprint density at radius 2 is 2.24 bits per heavy atom. The van der Waals surface area contributed by atoms with E-state index in [1.165, 1.54) is 12.1 Å². The minimum Gasteiger partial charge on any atom is -0.370 e. The lowest BCUT2D eigenvalue weighted by Crippen LogP contribution is -2.32. The molecule has 0 aromatic heterocycles. The van der Waals surface area contributed by atoms with E-state index in [1.54, 1.807) is 6.07 Å². The van der Waals surface area contributed by atoms with Gasteiger partial charge in [-0.25, -0.2) is 4.39 Å². The lowest BCUT2D eigenvalue weighted by Gasteiger charge is -2.12. The maximum Gasteiger partial charge on any atom is 0.218 e. The second-order valence-corrected chi connectivity index (χ2v) is 4.35. The van der Waals surface area contributed by atoms with Crippen molar-refractivity contribution in [1.82, 2.24) is 5.32 Å². The van der Waals surface area contributed by atoms with Gasteiger partial charge in [-0.2, -0.15) is 0 Å². The molecule has 3 nitrogen and oxygen atoms in total. The summed E-state index contributed by atoms with van der Waals surface area (Å²) >= 11 is 0. The van der Waals surface area contributed by atoms with Crippen molar-refractivity contribution in [3.05, 3.63) is 35.1 Å². The van der Waals surface area contributed by atoms with Crippen LogP contribution in [-0.4, -0.2) is 18.5 Å². The predicted molar refractivity (Wildman–Crippen MR) is 66.1 cm³/mol. The first-order valence-corrected chi connectivity index (χ1v) is 5.75. The van der Waals surface area contributed by atoms with E-state index in [0.717, 1.165) is 24.1 Å². The van der Waals surface area contributed by atoms with Gasteiger partial charge in [0, 0.05) is 12.5 Å². The molecule has 17 heavy (non-hydrogen) atoms. The Hall–Kier alpha value is -1.42. The Bertz CT molecular complexity index is 393. The number of hydrogen-bond donors (Lipinski definition) is 2. The van der Waals surface area contributed by atoms with Gasteiger partial charge in [-0.15, -0.1) is 0 Å². The molecule has 0 heterocycles. The molecule has 0 aliphatic rings. The number of carbonyl (C=O) groups excluding carboxylic acids is 1.